The first kappa shape index (κ1) is 16.6. The summed E-state index contributed by atoms with van der Waals surface area (Å²) in [4.78, 5) is 6.21. The lowest BCUT2D eigenvalue weighted by atomic mass is 10.1. The molecule has 0 spiro atoms. The topological polar surface area (TPSA) is 68.2 Å². The molecule has 20 heavy (non-hydrogen) atoms. The first-order valence-corrected chi connectivity index (χ1v) is 6.07. The summed E-state index contributed by atoms with van der Waals surface area (Å²) in [5.41, 5.74) is 6.45. The fourth-order valence-electron chi connectivity index (χ4n) is 1.79. The van der Waals surface area contributed by atoms with Gasteiger partial charge in [0, 0.05) is 6.04 Å². The molecule has 0 aliphatic heterocycles. The molecule has 2 aromatic rings. The first-order chi connectivity index (χ1) is 9.10. The summed E-state index contributed by atoms with van der Waals surface area (Å²) < 4.78 is 17.8. The third-order valence-electron chi connectivity index (χ3n) is 3.09. The van der Waals surface area contributed by atoms with Crippen LogP contribution < -0.4 is 5.73 Å². The second kappa shape index (κ2) is 7.33. The summed E-state index contributed by atoms with van der Waals surface area (Å²) >= 11 is 0. The van der Waals surface area contributed by atoms with Crippen molar-refractivity contribution in [3.8, 4) is 0 Å². The van der Waals surface area contributed by atoms with Crippen molar-refractivity contribution in [2.75, 3.05) is 7.05 Å². The van der Waals surface area contributed by atoms with Gasteiger partial charge in [-0.15, -0.1) is 12.4 Å². The van der Waals surface area contributed by atoms with Gasteiger partial charge >= 0.3 is 0 Å². The number of hydrogen-bond acceptors (Lipinski definition) is 5. The molecule has 1 heterocycles. The first-order valence-electron chi connectivity index (χ1n) is 6.07. The van der Waals surface area contributed by atoms with Gasteiger partial charge < -0.3 is 10.3 Å². The van der Waals surface area contributed by atoms with Gasteiger partial charge in [-0.3, -0.25) is 4.90 Å². The fraction of sp³-hybridized carbons (Fsp3) is 0.385. The molecule has 110 valence electrons. The zero-order chi connectivity index (χ0) is 13.8. The second-order valence-electron chi connectivity index (χ2n) is 4.45. The fourth-order valence-corrected chi connectivity index (χ4v) is 1.79. The minimum absolute atomic E-state index is 0. The average molecular weight is 301 g/mol. The Bertz CT molecular complexity index is 531. The van der Waals surface area contributed by atoms with Crippen molar-refractivity contribution in [1.29, 1.82) is 0 Å². The van der Waals surface area contributed by atoms with Crippen LogP contribution in [0.3, 0.4) is 0 Å². The molecular formula is C13H18ClFN4O. The molecule has 7 heteroatoms. The molecule has 0 radical (unpaired) electrons. The van der Waals surface area contributed by atoms with Crippen LogP contribution in [-0.4, -0.2) is 22.1 Å². The molecule has 2 N–H and O–H groups in total. The summed E-state index contributed by atoms with van der Waals surface area (Å²) in [5.74, 6) is 0.791. The van der Waals surface area contributed by atoms with Crippen LogP contribution in [0.5, 0.6) is 0 Å². The van der Waals surface area contributed by atoms with Gasteiger partial charge in [-0.2, -0.15) is 4.98 Å². The molecule has 0 amide bonds. The number of hydrogen-bond donors (Lipinski definition) is 1. The van der Waals surface area contributed by atoms with Crippen LogP contribution in [0.4, 0.5) is 4.39 Å². The van der Waals surface area contributed by atoms with Gasteiger partial charge in [-0.25, -0.2) is 4.39 Å². The lowest BCUT2D eigenvalue weighted by Gasteiger charge is -2.23. The summed E-state index contributed by atoms with van der Waals surface area (Å²) in [6.45, 7) is 2.82. The van der Waals surface area contributed by atoms with E-state index in [0.717, 1.165) is 5.56 Å². The van der Waals surface area contributed by atoms with Crippen LogP contribution in [0.15, 0.2) is 28.8 Å². The molecule has 1 aromatic carbocycles. The molecule has 0 saturated carbocycles. The maximum Gasteiger partial charge on any atom is 0.240 e. The smallest absolute Gasteiger partial charge is 0.240 e. The van der Waals surface area contributed by atoms with Gasteiger partial charge in [0.25, 0.3) is 0 Å². The van der Waals surface area contributed by atoms with E-state index in [-0.39, 0.29) is 30.8 Å². The van der Waals surface area contributed by atoms with Crippen LogP contribution in [0.1, 0.15) is 30.2 Å². The maximum absolute atomic E-state index is 12.9. The van der Waals surface area contributed by atoms with Crippen LogP contribution in [0, 0.1) is 5.82 Å². The molecule has 0 saturated heterocycles. The highest BCUT2D eigenvalue weighted by molar-refractivity contribution is 5.85. The Balaban J connectivity index is 0.00000200. The molecule has 1 atom stereocenters. The van der Waals surface area contributed by atoms with E-state index in [1.807, 2.05) is 14.0 Å². The number of halogens is 2. The minimum atomic E-state index is -0.232. The standard InChI is InChI=1S/C13H17FN4O.ClH/c1-9(10-3-5-11(14)6-4-10)18(2)8-12-16-13(7-15)19-17-12;/h3-6,9H,7-8,15H2,1-2H3;1H. The molecular weight excluding hydrogens is 283 g/mol. The van der Waals surface area contributed by atoms with E-state index in [0.29, 0.717) is 18.3 Å². The van der Waals surface area contributed by atoms with Crippen molar-refractivity contribution in [2.24, 2.45) is 5.73 Å². The molecule has 2 rings (SSSR count). The summed E-state index contributed by atoms with van der Waals surface area (Å²) in [6, 6.07) is 6.59. The van der Waals surface area contributed by atoms with Crippen LogP contribution >= 0.6 is 12.4 Å². The highest BCUT2D eigenvalue weighted by Crippen LogP contribution is 2.20. The third-order valence-corrected chi connectivity index (χ3v) is 3.09. The van der Waals surface area contributed by atoms with Gasteiger partial charge in [-0.05, 0) is 31.7 Å². The third kappa shape index (κ3) is 4.00. The summed E-state index contributed by atoms with van der Waals surface area (Å²) in [5, 5.41) is 3.85. The second-order valence-corrected chi connectivity index (χ2v) is 4.45. The van der Waals surface area contributed by atoms with E-state index in [1.165, 1.54) is 12.1 Å². The molecule has 0 fully saturated rings. The normalized spacial score (nSPS) is 12.2. The maximum atomic E-state index is 12.9. The van der Waals surface area contributed by atoms with Crippen LogP contribution in [0.25, 0.3) is 0 Å². The molecule has 1 aromatic heterocycles. The molecule has 1 unspecified atom stereocenters. The van der Waals surface area contributed by atoms with Gasteiger partial charge in [0.15, 0.2) is 5.82 Å². The monoisotopic (exact) mass is 300 g/mol. The van der Waals surface area contributed by atoms with Gasteiger partial charge in [0.05, 0.1) is 13.1 Å². The van der Waals surface area contributed by atoms with Crippen molar-refractivity contribution in [3.63, 3.8) is 0 Å². The van der Waals surface area contributed by atoms with Gasteiger partial charge in [-0.1, -0.05) is 17.3 Å². The minimum Gasteiger partial charge on any atom is -0.338 e. The zero-order valence-corrected chi connectivity index (χ0v) is 12.2. The molecule has 5 nitrogen and oxygen atoms in total. The summed E-state index contributed by atoms with van der Waals surface area (Å²) in [6.07, 6.45) is 0. The predicted molar refractivity (Wildman–Crippen MR) is 75.7 cm³/mol. The predicted octanol–water partition coefficient (Wildman–Crippen LogP) is 2.28. The summed E-state index contributed by atoms with van der Waals surface area (Å²) in [7, 11) is 1.95. The van der Waals surface area contributed by atoms with Gasteiger partial charge in [0.1, 0.15) is 5.82 Å². The van der Waals surface area contributed by atoms with Crippen LogP contribution in [-0.2, 0) is 13.1 Å². The Kier molecular flexibility index (Phi) is 6.06. The molecule has 0 aliphatic rings. The lowest BCUT2D eigenvalue weighted by Crippen LogP contribution is -2.22. The number of nitrogens with zero attached hydrogens (tertiary/aromatic N) is 3. The Labute approximate surface area is 123 Å². The van der Waals surface area contributed by atoms with Crippen LogP contribution in [0.2, 0.25) is 0 Å². The van der Waals surface area contributed by atoms with E-state index in [2.05, 4.69) is 15.0 Å². The highest BCUT2D eigenvalue weighted by atomic mass is 35.5. The highest BCUT2D eigenvalue weighted by Gasteiger charge is 2.15. The number of aromatic nitrogens is 2. The lowest BCUT2D eigenvalue weighted by molar-refractivity contribution is 0.242. The number of rotatable bonds is 5. The van der Waals surface area contributed by atoms with Crippen molar-refractivity contribution < 1.29 is 8.91 Å². The van der Waals surface area contributed by atoms with Crippen molar-refractivity contribution >= 4 is 12.4 Å². The van der Waals surface area contributed by atoms with E-state index in [1.54, 1.807) is 12.1 Å². The Hall–Kier alpha value is -1.50. The van der Waals surface area contributed by atoms with Crippen molar-refractivity contribution in [1.82, 2.24) is 15.0 Å². The molecule has 0 bridgehead atoms. The number of benzene rings is 1. The number of nitrogens with two attached hydrogens (primary N) is 1. The Morgan fingerprint density at radius 1 is 1.35 bits per heavy atom. The van der Waals surface area contributed by atoms with E-state index >= 15 is 0 Å². The molecule has 0 aliphatic carbocycles. The Morgan fingerprint density at radius 2 is 2.00 bits per heavy atom. The van der Waals surface area contributed by atoms with E-state index < -0.39 is 0 Å². The van der Waals surface area contributed by atoms with E-state index in [4.69, 9.17) is 10.3 Å². The Morgan fingerprint density at radius 3 is 2.55 bits per heavy atom. The largest absolute Gasteiger partial charge is 0.338 e. The SMILES string of the molecule is CC(c1ccc(F)cc1)N(C)Cc1noc(CN)n1.Cl. The quantitative estimate of drug-likeness (QED) is 0.917. The van der Waals surface area contributed by atoms with E-state index in [9.17, 15) is 4.39 Å². The van der Waals surface area contributed by atoms with Crippen molar-refractivity contribution in [2.45, 2.75) is 26.1 Å². The average Bonchev–Trinajstić information content (AvgIpc) is 2.86. The zero-order valence-electron chi connectivity index (χ0n) is 11.4. The van der Waals surface area contributed by atoms with Gasteiger partial charge in [0.2, 0.25) is 5.89 Å². The van der Waals surface area contributed by atoms with Crippen molar-refractivity contribution in [3.05, 3.63) is 47.4 Å².